The molecule has 0 aliphatic rings. The number of nitrogens with zero attached hydrogens (tertiary/aromatic N) is 3. The van der Waals surface area contributed by atoms with Crippen LogP contribution in [0.2, 0.25) is 0 Å². The highest BCUT2D eigenvalue weighted by Crippen LogP contribution is 2.41. The van der Waals surface area contributed by atoms with E-state index in [1.165, 1.54) is 16.6 Å². The van der Waals surface area contributed by atoms with Crippen molar-refractivity contribution in [3.63, 3.8) is 0 Å². The fraction of sp³-hybridized carbons (Fsp3) is 0.476. The average Bonchev–Trinajstić information content (AvgIpc) is 3.12. The molecule has 0 spiro atoms. The number of benzene rings is 1. The Labute approximate surface area is 167 Å². The first-order valence-electron chi connectivity index (χ1n) is 9.73. The predicted octanol–water partition coefficient (Wildman–Crippen LogP) is 6.33. The van der Waals surface area contributed by atoms with Crippen molar-refractivity contribution in [2.75, 3.05) is 18.0 Å². The Bertz CT molecular complexity index is 998. The fourth-order valence-corrected chi connectivity index (χ4v) is 3.74. The third kappa shape index (κ3) is 3.84. The third-order valence-electron chi connectivity index (χ3n) is 4.88. The van der Waals surface area contributed by atoms with Crippen LogP contribution in [0.25, 0.3) is 17.0 Å². The van der Waals surface area contributed by atoms with Crippen molar-refractivity contribution in [2.45, 2.75) is 53.4 Å². The van der Waals surface area contributed by atoms with Gasteiger partial charge in [-0.1, -0.05) is 26.0 Å². The lowest BCUT2D eigenvalue weighted by molar-refractivity contribution is -0.137. The number of hydrogen-bond donors (Lipinski definition) is 0. The van der Waals surface area contributed by atoms with E-state index in [-0.39, 0.29) is 16.8 Å². The van der Waals surface area contributed by atoms with Gasteiger partial charge in [-0.05, 0) is 38.3 Å². The van der Waals surface area contributed by atoms with Crippen LogP contribution in [0.5, 0.6) is 0 Å². The smallest absolute Gasteiger partial charge is 0.417 e. The first-order valence-corrected chi connectivity index (χ1v) is 9.73. The van der Waals surface area contributed by atoms with Crippen LogP contribution in [0.15, 0.2) is 22.6 Å². The molecule has 3 rings (SSSR count). The van der Waals surface area contributed by atoms with Gasteiger partial charge in [-0.15, -0.1) is 0 Å². The molecular weight excluding hydrogens is 386 g/mol. The fourth-order valence-electron chi connectivity index (χ4n) is 3.74. The summed E-state index contributed by atoms with van der Waals surface area (Å²) in [6.07, 6.45) is -2.78. The summed E-state index contributed by atoms with van der Waals surface area (Å²) in [5.74, 6) is 0.334. The lowest BCUT2D eigenvalue weighted by Crippen LogP contribution is -2.25. The van der Waals surface area contributed by atoms with Crippen molar-refractivity contribution in [2.24, 2.45) is 0 Å². The highest BCUT2D eigenvalue weighted by Gasteiger charge is 2.36. The molecule has 0 bridgehead atoms. The number of aromatic nitrogens is 2. The molecule has 0 atom stereocenters. The monoisotopic (exact) mass is 411 g/mol. The van der Waals surface area contributed by atoms with E-state index >= 15 is 0 Å². The molecule has 158 valence electrons. The highest BCUT2D eigenvalue weighted by atomic mass is 19.4. The quantitative estimate of drug-likeness (QED) is 0.426. The molecule has 0 aliphatic carbocycles. The van der Waals surface area contributed by atoms with E-state index in [1.54, 1.807) is 6.92 Å². The maximum Gasteiger partial charge on any atom is 0.417 e. The molecule has 0 amide bonds. The number of anilines is 1. The summed E-state index contributed by atoms with van der Waals surface area (Å²) in [6, 6.07) is 3.51. The van der Waals surface area contributed by atoms with E-state index in [4.69, 9.17) is 4.42 Å². The molecule has 0 N–H and O–H groups in total. The van der Waals surface area contributed by atoms with Gasteiger partial charge in [0.2, 0.25) is 5.71 Å². The summed E-state index contributed by atoms with van der Waals surface area (Å²) in [5, 5.41) is 4.50. The van der Waals surface area contributed by atoms with Crippen LogP contribution in [0.1, 0.15) is 49.3 Å². The number of hydrogen-bond acceptors (Lipinski definition) is 3. The van der Waals surface area contributed by atoms with Crippen molar-refractivity contribution in [1.29, 1.82) is 0 Å². The van der Waals surface area contributed by atoms with Gasteiger partial charge in [0.25, 0.3) is 0 Å². The maximum absolute atomic E-state index is 13.7. The van der Waals surface area contributed by atoms with Gasteiger partial charge in [0, 0.05) is 18.7 Å². The minimum absolute atomic E-state index is 0.0205. The van der Waals surface area contributed by atoms with Crippen LogP contribution in [-0.4, -0.2) is 22.7 Å². The maximum atomic E-state index is 13.7. The third-order valence-corrected chi connectivity index (χ3v) is 4.88. The van der Waals surface area contributed by atoms with Gasteiger partial charge < -0.3 is 9.32 Å². The number of alkyl halides is 4. The zero-order chi connectivity index (χ0) is 21.3. The van der Waals surface area contributed by atoms with Crippen molar-refractivity contribution < 1.29 is 22.0 Å². The lowest BCUT2D eigenvalue weighted by atomic mass is 10.0. The summed E-state index contributed by atoms with van der Waals surface area (Å²) < 4.78 is 61.5. The van der Waals surface area contributed by atoms with E-state index in [1.807, 2.05) is 6.92 Å². The molecule has 2 aromatic heterocycles. The second kappa shape index (κ2) is 8.08. The van der Waals surface area contributed by atoms with Crippen molar-refractivity contribution >= 4 is 11.4 Å². The molecule has 0 saturated carbocycles. The molecule has 0 aliphatic heterocycles. The van der Waals surface area contributed by atoms with Crippen LogP contribution in [0, 0.1) is 13.8 Å². The second-order valence-electron chi connectivity index (χ2n) is 7.16. The molecule has 2 heterocycles. The summed E-state index contributed by atoms with van der Waals surface area (Å²) in [6.45, 7) is 8.22. The molecule has 1 aromatic carbocycles. The standard InChI is InChI=1S/C21H25F4N3O/c1-5-9-27(10-6-2)18-13(3)26-28-19(14(4)29-20(18)28)16-8-7-15(12-22)11-17(16)21(23,24)25/h7-8,11H,5-6,9-10,12H2,1-4H3. The summed E-state index contributed by atoms with van der Waals surface area (Å²) in [5.41, 5.74) is 1.18. The van der Waals surface area contributed by atoms with E-state index in [0.29, 0.717) is 17.2 Å². The Morgan fingerprint density at radius 3 is 2.31 bits per heavy atom. The molecule has 0 radical (unpaired) electrons. The first kappa shape index (κ1) is 21.2. The number of halogens is 4. The van der Waals surface area contributed by atoms with Gasteiger partial charge in [-0.2, -0.15) is 22.8 Å². The summed E-state index contributed by atoms with van der Waals surface area (Å²) in [7, 11) is 0. The van der Waals surface area contributed by atoms with Crippen molar-refractivity contribution in [3.05, 3.63) is 40.8 Å². The van der Waals surface area contributed by atoms with Crippen molar-refractivity contribution in [3.8, 4) is 11.3 Å². The van der Waals surface area contributed by atoms with Gasteiger partial charge in [0.15, 0.2) is 0 Å². The largest absolute Gasteiger partial charge is 0.440 e. The molecular formula is C21H25F4N3O. The average molecular weight is 411 g/mol. The van der Waals surface area contributed by atoms with Gasteiger partial charge in [0.1, 0.15) is 23.8 Å². The minimum Gasteiger partial charge on any atom is -0.440 e. The predicted molar refractivity (Wildman–Crippen MR) is 105 cm³/mol. The van der Waals surface area contributed by atoms with Crippen LogP contribution in [0.3, 0.4) is 0 Å². The summed E-state index contributed by atoms with van der Waals surface area (Å²) >= 11 is 0. The normalized spacial score (nSPS) is 12.1. The van der Waals surface area contributed by atoms with Crippen LogP contribution >= 0.6 is 0 Å². The highest BCUT2D eigenvalue weighted by molar-refractivity contribution is 5.77. The molecule has 0 unspecified atom stereocenters. The van der Waals surface area contributed by atoms with E-state index < -0.39 is 18.4 Å². The number of rotatable bonds is 7. The Morgan fingerprint density at radius 1 is 1.10 bits per heavy atom. The molecule has 8 heteroatoms. The molecule has 29 heavy (non-hydrogen) atoms. The van der Waals surface area contributed by atoms with Crippen LogP contribution in [0.4, 0.5) is 23.2 Å². The van der Waals surface area contributed by atoms with E-state index in [2.05, 4.69) is 23.8 Å². The number of aryl methyl sites for hydroxylation is 2. The summed E-state index contributed by atoms with van der Waals surface area (Å²) in [4.78, 5) is 2.15. The van der Waals surface area contributed by atoms with Gasteiger partial charge in [-0.3, -0.25) is 0 Å². The topological polar surface area (TPSA) is 33.7 Å². The van der Waals surface area contributed by atoms with Crippen LogP contribution < -0.4 is 4.90 Å². The Morgan fingerprint density at radius 2 is 1.76 bits per heavy atom. The number of fused-ring (bicyclic) bond motifs is 1. The zero-order valence-corrected chi connectivity index (χ0v) is 17.0. The van der Waals surface area contributed by atoms with Crippen LogP contribution in [-0.2, 0) is 12.9 Å². The molecule has 0 saturated heterocycles. The molecule has 3 aromatic rings. The van der Waals surface area contributed by atoms with Gasteiger partial charge >= 0.3 is 6.18 Å². The van der Waals surface area contributed by atoms with Crippen molar-refractivity contribution in [1.82, 2.24) is 9.61 Å². The van der Waals surface area contributed by atoms with E-state index in [0.717, 1.165) is 37.7 Å². The van der Waals surface area contributed by atoms with E-state index in [9.17, 15) is 17.6 Å². The first-order chi connectivity index (χ1) is 13.7. The van der Waals surface area contributed by atoms with Gasteiger partial charge in [0.05, 0.1) is 11.3 Å². The van der Waals surface area contributed by atoms with Gasteiger partial charge in [-0.25, -0.2) is 4.39 Å². The molecule has 4 nitrogen and oxygen atoms in total. The molecule has 0 fully saturated rings. The SMILES string of the molecule is CCCN(CCC)c1c(C)nn2c(-c3ccc(CF)cc3C(F)(F)F)c(C)oc12. The zero-order valence-electron chi connectivity index (χ0n) is 17.0. The Hall–Kier alpha value is -2.51. The lowest BCUT2D eigenvalue weighted by Gasteiger charge is -2.22. The Balaban J connectivity index is 2.25. The minimum atomic E-state index is -4.63. The second-order valence-corrected chi connectivity index (χ2v) is 7.16. The number of oxazole rings is 1. The Kier molecular flexibility index (Phi) is 5.91.